The minimum absolute atomic E-state index is 0.0182. The van der Waals surface area contributed by atoms with E-state index < -0.39 is 5.92 Å². The first kappa shape index (κ1) is 22.1. The summed E-state index contributed by atoms with van der Waals surface area (Å²) in [6.07, 6.45) is 0.517. The largest absolute Gasteiger partial charge is 0.497 e. The average molecular weight is 396 g/mol. The molecule has 0 heterocycles. The third kappa shape index (κ3) is 5.62. The molecule has 0 saturated carbocycles. The van der Waals surface area contributed by atoms with Gasteiger partial charge in [-0.1, -0.05) is 5.18 Å². The molecule has 0 saturated heterocycles. The Balaban J connectivity index is 2.36. The van der Waals surface area contributed by atoms with Crippen molar-refractivity contribution in [2.45, 2.75) is 24.9 Å². The van der Waals surface area contributed by atoms with E-state index in [4.69, 9.17) is 14.2 Å². The standard InChI is InChI=1S/C22H24N2O5/c1-27-17-7-4-15(5-8-17)22(25)20-11-10-18(28-2)12-21(20)16(13-23)6-9-19(29-3)14-24-26/h4-5,7-8,10-12,16,19H,6,9,14H2,1-3H3. The summed E-state index contributed by atoms with van der Waals surface area (Å²) in [6, 6.07) is 14.2. The molecule has 2 rings (SSSR count). The lowest BCUT2D eigenvalue weighted by Crippen LogP contribution is -2.16. The molecule has 0 aliphatic heterocycles. The number of methoxy groups -OCH3 is 3. The molecule has 0 radical (unpaired) electrons. The van der Waals surface area contributed by atoms with Crippen LogP contribution in [-0.2, 0) is 4.74 Å². The first-order valence-corrected chi connectivity index (χ1v) is 9.16. The molecule has 2 aromatic carbocycles. The first-order chi connectivity index (χ1) is 14.1. The molecule has 0 amide bonds. The van der Waals surface area contributed by atoms with E-state index in [-0.39, 0.29) is 18.4 Å². The number of hydrogen-bond donors (Lipinski definition) is 0. The smallest absolute Gasteiger partial charge is 0.193 e. The number of benzene rings is 2. The summed E-state index contributed by atoms with van der Waals surface area (Å²) in [5.41, 5.74) is 1.51. The summed E-state index contributed by atoms with van der Waals surface area (Å²) in [5, 5.41) is 12.6. The van der Waals surface area contributed by atoms with Crippen LogP contribution in [0.15, 0.2) is 47.6 Å². The number of nitroso groups, excluding NO2 is 1. The third-order valence-electron chi connectivity index (χ3n) is 4.78. The van der Waals surface area contributed by atoms with Gasteiger partial charge in [0, 0.05) is 18.2 Å². The van der Waals surface area contributed by atoms with Gasteiger partial charge in [-0.3, -0.25) is 4.79 Å². The normalized spacial score (nSPS) is 12.5. The zero-order chi connectivity index (χ0) is 21.2. The summed E-state index contributed by atoms with van der Waals surface area (Å²) >= 11 is 0. The van der Waals surface area contributed by atoms with Crippen molar-refractivity contribution in [1.82, 2.24) is 0 Å². The van der Waals surface area contributed by atoms with E-state index in [1.165, 1.54) is 14.2 Å². The lowest BCUT2D eigenvalue weighted by atomic mass is 9.87. The summed E-state index contributed by atoms with van der Waals surface area (Å²) < 4.78 is 15.7. The van der Waals surface area contributed by atoms with Crippen LogP contribution >= 0.6 is 0 Å². The van der Waals surface area contributed by atoms with Crippen molar-refractivity contribution in [3.63, 3.8) is 0 Å². The van der Waals surface area contributed by atoms with E-state index in [0.29, 0.717) is 41.0 Å². The van der Waals surface area contributed by atoms with E-state index in [1.54, 1.807) is 49.6 Å². The Bertz CT molecular complexity index is 874. The van der Waals surface area contributed by atoms with Gasteiger partial charge in [0.15, 0.2) is 5.78 Å². The van der Waals surface area contributed by atoms with Crippen LogP contribution in [-0.4, -0.2) is 39.8 Å². The monoisotopic (exact) mass is 396 g/mol. The van der Waals surface area contributed by atoms with Crippen LogP contribution in [0.3, 0.4) is 0 Å². The first-order valence-electron chi connectivity index (χ1n) is 9.16. The molecule has 2 aromatic rings. The van der Waals surface area contributed by atoms with E-state index in [9.17, 15) is 15.0 Å². The maximum Gasteiger partial charge on any atom is 0.193 e. The number of carbonyl (C=O) groups is 1. The SMILES string of the molecule is COc1ccc(C(=O)c2ccc(OC)cc2C(C#N)CCC(CN=O)OC)cc1. The van der Waals surface area contributed by atoms with Crippen LogP contribution in [0.5, 0.6) is 11.5 Å². The zero-order valence-corrected chi connectivity index (χ0v) is 16.8. The van der Waals surface area contributed by atoms with Crippen molar-refractivity contribution in [3.8, 4) is 17.6 Å². The quantitative estimate of drug-likeness (QED) is 0.419. The van der Waals surface area contributed by atoms with E-state index in [1.807, 2.05) is 0 Å². The second-order valence-electron chi connectivity index (χ2n) is 6.44. The van der Waals surface area contributed by atoms with Crippen LogP contribution in [0, 0.1) is 16.2 Å². The molecule has 0 aromatic heterocycles. The van der Waals surface area contributed by atoms with E-state index in [0.717, 1.165) is 0 Å². The lowest BCUT2D eigenvalue weighted by molar-refractivity contribution is 0.0996. The van der Waals surface area contributed by atoms with Crippen molar-refractivity contribution in [3.05, 3.63) is 64.1 Å². The molecule has 0 spiro atoms. The molecule has 0 N–H and O–H groups in total. The van der Waals surface area contributed by atoms with E-state index >= 15 is 0 Å². The summed E-state index contributed by atoms with van der Waals surface area (Å²) in [5.74, 6) is 0.459. The Hall–Kier alpha value is -3.24. The van der Waals surface area contributed by atoms with Crippen molar-refractivity contribution in [2.75, 3.05) is 27.9 Å². The number of nitrogens with zero attached hydrogens (tertiary/aromatic N) is 2. The summed E-state index contributed by atoms with van der Waals surface area (Å²) in [6.45, 7) is 0.0182. The minimum atomic E-state index is -0.563. The molecule has 29 heavy (non-hydrogen) atoms. The number of nitriles is 1. The minimum Gasteiger partial charge on any atom is -0.497 e. The number of carbonyl (C=O) groups excluding carboxylic acids is 1. The molecule has 152 valence electrons. The highest BCUT2D eigenvalue weighted by molar-refractivity contribution is 6.10. The van der Waals surface area contributed by atoms with Crippen molar-refractivity contribution < 1.29 is 19.0 Å². The van der Waals surface area contributed by atoms with Gasteiger partial charge in [-0.15, -0.1) is 0 Å². The van der Waals surface area contributed by atoms with Gasteiger partial charge in [-0.25, -0.2) is 0 Å². The molecule has 2 unspecified atom stereocenters. The van der Waals surface area contributed by atoms with Crippen LogP contribution in [0.4, 0.5) is 0 Å². The predicted octanol–water partition coefficient (Wildman–Crippen LogP) is 4.10. The maximum atomic E-state index is 13.1. The highest BCUT2D eigenvalue weighted by Gasteiger charge is 2.22. The van der Waals surface area contributed by atoms with Gasteiger partial charge in [-0.05, 0) is 60.9 Å². The zero-order valence-electron chi connectivity index (χ0n) is 16.8. The summed E-state index contributed by atoms with van der Waals surface area (Å²) in [7, 11) is 4.59. The van der Waals surface area contributed by atoms with Gasteiger partial charge in [-0.2, -0.15) is 10.2 Å². The number of ketones is 1. The van der Waals surface area contributed by atoms with Crippen LogP contribution < -0.4 is 9.47 Å². The van der Waals surface area contributed by atoms with Crippen molar-refractivity contribution >= 4 is 5.78 Å². The van der Waals surface area contributed by atoms with Crippen LogP contribution in [0.1, 0.15) is 40.2 Å². The fraction of sp³-hybridized carbons (Fsp3) is 0.364. The number of hydrogen-bond acceptors (Lipinski definition) is 7. The molecular formula is C22H24N2O5. The molecule has 0 aliphatic carbocycles. The molecule has 7 nitrogen and oxygen atoms in total. The number of rotatable bonds is 11. The topological polar surface area (TPSA) is 98.0 Å². The Labute approximate surface area is 170 Å². The second kappa shape index (κ2) is 10.9. The second-order valence-corrected chi connectivity index (χ2v) is 6.44. The van der Waals surface area contributed by atoms with Gasteiger partial charge in [0.1, 0.15) is 18.0 Å². The van der Waals surface area contributed by atoms with Gasteiger partial charge >= 0.3 is 0 Å². The Morgan fingerprint density at radius 2 is 1.69 bits per heavy atom. The fourth-order valence-electron chi connectivity index (χ4n) is 3.07. The summed E-state index contributed by atoms with van der Waals surface area (Å²) in [4.78, 5) is 23.6. The molecular weight excluding hydrogens is 372 g/mol. The molecule has 0 bridgehead atoms. The molecule has 0 aliphatic rings. The fourth-order valence-corrected chi connectivity index (χ4v) is 3.07. The number of ether oxygens (including phenoxy) is 3. The van der Waals surface area contributed by atoms with Crippen molar-refractivity contribution in [2.24, 2.45) is 5.18 Å². The van der Waals surface area contributed by atoms with Crippen LogP contribution in [0.2, 0.25) is 0 Å². The van der Waals surface area contributed by atoms with Gasteiger partial charge in [0.05, 0.1) is 32.3 Å². The molecule has 2 atom stereocenters. The van der Waals surface area contributed by atoms with Crippen LogP contribution in [0.25, 0.3) is 0 Å². The highest BCUT2D eigenvalue weighted by atomic mass is 16.5. The van der Waals surface area contributed by atoms with Gasteiger partial charge in [0.2, 0.25) is 0 Å². The highest BCUT2D eigenvalue weighted by Crippen LogP contribution is 2.30. The third-order valence-corrected chi connectivity index (χ3v) is 4.78. The Morgan fingerprint density at radius 1 is 1.03 bits per heavy atom. The predicted molar refractivity (Wildman–Crippen MR) is 108 cm³/mol. The Kier molecular flexibility index (Phi) is 8.31. The lowest BCUT2D eigenvalue weighted by Gasteiger charge is -2.18. The maximum absolute atomic E-state index is 13.1. The Morgan fingerprint density at radius 3 is 2.24 bits per heavy atom. The van der Waals surface area contributed by atoms with Gasteiger partial charge in [0.25, 0.3) is 0 Å². The van der Waals surface area contributed by atoms with E-state index in [2.05, 4.69) is 11.2 Å². The molecule has 0 fully saturated rings. The van der Waals surface area contributed by atoms with Crippen molar-refractivity contribution in [1.29, 1.82) is 5.26 Å². The molecule has 7 heteroatoms. The van der Waals surface area contributed by atoms with Gasteiger partial charge < -0.3 is 14.2 Å². The average Bonchev–Trinajstić information content (AvgIpc) is 2.78.